The summed E-state index contributed by atoms with van der Waals surface area (Å²) < 4.78 is 5.46. The zero-order valence-electron chi connectivity index (χ0n) is 14.6. The number of ether oxygens (including phenoxy) is 1. The number of hydrogen-bond acceptors (Lipinski definition) is 4. The van der Waals surface area contributed by atoms with E-state index in [9.17, 15) is 14.7 Å². The molecule has 1 saturated heterocycles. The van der Waals surface area contributed by atoms with Gasteiger partial charge in [0.25, 0.3) is 5.91 Å². The molecule has 138 valence electrons. The van der Waals surface area contributed by atoms with Crippen LogP contribution in [-0.4, -0.2) is 46.7 Å². The van der Waals surface area contributed by atoms with Gasteiger partial charge in [-0.25, -0.2) is 4.79 Å². The van der Waals surface area contributed by atoms with Gasteiger partial charge in [0.1, 0.15) is 5.54 Å². The summed E-state index contributed by atoms with van der Waals surface area (Å²) in [4.78, 5) is 25.6. The molecule has 1 aromatic carbocycles. The van der Waals surface area contributed by atoms with Gasteiger partial charge in [0.05, 0.1) is 25.9 Å². The number of unbranched alkanes of at least 4 members (excludes halogenated alkanes) is 1. The number of aliphatic hydroxyl groups excluding tert-OH is 1. The summed E-state index contributed by atoms with van der Waals surface area (Å²) in [6.45, 7) is 4.04. The predicted octanol–water partition coefficient (Wildman–Crippen LogP) is 2.72. The predicted molar refractivity (Wildman–Crippen MR) is 95.3 cm³/mol. The molecule has 1 aliphatic rings. The number of amides is 3. The van der Waals surface area contributed by atoms with Gasteiger partial charge in [-0.1, -0.05) is 43.5 Å². The van der Waals surface area contributed by atoms with Crippen LogP contribution in [0.1, 0.15) is 38.7 Å². The molecule has 2 N–H and O–H groups in total. The Hall–Kier alpha value is -1.63. The summed E-state index contributed by atoms with van der Waals surface area (Å²) in [5, 5.41) is 13.5. The van der Waals surface area contributed by atoms with Crippen LogP contribution in [0.2, 0.25) is 5.02 Å². The number of rotatable bonds is 9. The van der Waals surface area contributed by atoms with Gasteiger partial charge in [0.2, 0.25) is 0 Å². The van der Waals surface area contributed by atoms with Crippen LogP contribution in [0.4, 0.5) is 4.79 Å². The molecule has 3 amide bonds. The third-order valence-corrected chi connectivity index (χ3v) is 4.51. The van der Waals surface area contributed by atoms with Gasteiger partial charge in [-0.3, -0.25) is 9.69 Å². The Morgan fingerprint density at radius 3 is 2.64 bits per heavy atom. The van der Waals surface area contributed by atoms with E-state index in [2.05, 4.69) is 5.32 Å². The average molecular weight is 369 g/mol. The molecule has 2 unspecified atom stereocenters. The first kappa shape index (κ1) is 19.7. The first-order valence-corrected chi connectivity index (χ1v) is 8.88. The van der Waals surface area contributed by atoms with Gasteiger partial charge in [-0.2, -0.15) is 0 Å². The van der Waals surface area contributed by atoms with E-state index in [1.165, 1.54) is 0 Å². The Kier molecular flexibility index (Phi) is 6.81. The first-order valence-electron chi connectivity index (χ1n) is 8.50. The van der Waals surface area contributed by atoms with Gasteiger partial charge in [-0.15, -0.1) is 0 Å². The molecule has 1 aromatic rings. The van der Waals surface area contributed by atoms with Crippen LogP contribution >= 0.6 is 11.6 Å². The molecule has 7 heteroatoms. The van der Waals surface area contributed by atoms with E-state index in [0.717, 1.165) is 23.3 Å². The number of nitrogens with one attached hydrogen (secondary N) is 1. The van der Waals surface area contributed by atoms with E-state index in [1.54, 1.807) is 19.1 Å². The molecule has 1 heterocycles. The molecular weight excluding hydrogens is 344 g/mol. The normalized spacial score (nSPS) is 21.5. The third-order valence-electron chi connectivity index (χ3n) is 4.26. The minimum Gasteiger partial charge on any atom is -0.389 e. The molecule has 2 rings (SSSR count). The van der Waals surface area contributed by atoms with Crippen molar-refractivity contribution in [1.82, 2.24) is 10.2 Å². The molecule has 0 spiro atoms. The standard InChI is InChI=1S/C18H25ClN2O4/c1-3-4-9-18(2)16(23)21(17(24)20-18)10-15(22)12-25-11-13-5-7-14(19)8-6-13/h5-8,15,22H,3-4,9-12H2,1-2H3,(H,20,24). The Morgan fingerprint density at radius 2 is 2.00 bits per heavy atom. The third kappa shape index (κ3) is 5.17. The smallest absolute Gasteiger partial charge is 0.325 e. The van der Waals surface area contributed by atoms with E-state index in [4.69, 9.17) is 16.3 Å². The zero-order valence-corrected chi connectivity index (χ0v) is 15.4. The minimum absolute atomic E-state index is 0.0331. The lowest BCUT2D eigenvalue weighted by Gasteiger charge is -2.22. The van der Waals surface area contributed by atoms with Crippen LogP contribution in [0.25, 0.3) is 0 Å². The topological polar surface area (TPSA) is 78.9 Å². The Bertz CT molecular complexity index is 608. The molecule has 2 atom stereocenters. The van der Waals surface area contributed by atoms with E-state index in [-0.39, 0.29) is 19.1 Å². The quantitative estimate of drug-likeness (QED) is 0.657. The van der Waals surface area contributed by atoms with Gasteiger partial charge >= 0.3 is 6.03 Å². The van der Waals surface area contributed by atoms with Crippen molar-refractivity contribution in [2.75, 3.05) is 13.2 Å². The maximum Gasteiger partial charge on any atom is 0.325 e. The van der Waals surface area contributed by atoms with Crippen molar-refractivity contribution in [3.63, 3.8) is 0 Å². The summed E-state index contributed by atoms with van der Waals surface area (Å²) in [7, 11) is 0. The van der Waals surface area contributed by atoms with Gasteiger partial charge in [0, 0.05) is 5.02 Å². The monoisotopic (exact) mass is 368 g/mol. The second kappa shape index (κ2) is 8.65. The highest BCUT2D eigenvalue weighted by atomic mass is 35.5. The molecular formula is C18H25ClN2O4. The van der Waals surface area contributed by atoms with Gasteiger partial charge in [0.15, 0.2) is 0 Å². The summed E-state index contributed by atoms with van der Waals surface area (Å²) in [6.07, 6.45) is 1.45. The number of halogens is 1. The summed E-state index contributed by atoms with van der Waals surface area (Å²) >= 11 is 5.82. The van der Waals surface area contributed by atoms with Crippen LogP contribution in [0.15, 0.2) is 24.3 Å². The fraction of sp³-hybridized carbons (Fsp3) is 0.556. The highest BCUT2D eigenvalue weighted by molar-refractivity contribution is 6.30. The fourth-order valence-electron chi connectivity index (χ4n) is 2.77. The number of hydrogen-bond donors (Lipinski definition) is 2. The van der Waals surface area contributed by atoms with Crippen molar-refractivity contribution in [1.29, 1.82) is 0 Å². The Labute approximate surface area is 153 Å². The lowest BCUT2D eigenvalue weighted by molar-refractivity contribution is -0.132. The number of nitrogens with zero attached hydrogens (tertiary/aromatic N) is 1. The SMILES string of the molecule is CCCCC1(C)NC(=O)N(CC(O)COCc2ccc(Cl)cc2)C1=O. The van der Waals surface area contributed by atoms with Crippen molar-refractivity contribution >= 4 is 23.5 Å². The lowest BCUT2D eigenvalue weighted by atomic mass is 9.95. The molecule has 0 radical (unpaired) electrons. The Morgan fingerprint density at radius 1 is 1.32 bits per heavy atom. The molecule has 1 aliphatic heterocycles. The largest absolute Gasteiger partial charge is 0.389 e. The van der Waals surface area contributed by atoms with E-state index in [0.29, 0.717) is 18.1 Å². The summed E-state index contributed by atoms with van der Waals surface area (Å²) in [6, 6.07) is 6.75. The van der Waals surface area contributed by atoms with E-state index >= 15 is 0 Å². The van der Waals surface area contributed by atoms with Crippen LogP contribution in [0.5, 0.6) is 0 Å². The summed E-state index contributed by atoms with van der Waals surface area (Å²) in [5.41, 5.74) is 0.0514. The molecule has 0 bridgehead atoms. The fourth-order valence-corrected chi connectivity index (χ4v) is 2.90. The number of benzene rings is 1. The van der Waals surface area contributed by atoms with Crippen molar-refractivity contribution in [3.05, 3.63) is 34.9 Å². The number of carbonyl (C=O) groups excluding carboxylic acids is 2. The molecule has 25 heavy (non-hydrogen) atoms. The highest BCUT2D eigenvalue weighted by Crippen LogP contribution is 2.23. The average Bonchev–Trinajstić information content (AvgIpc) is 2.78. The molecule has 0 saturated carbocycles. The highest BCUT2D eigenvalue weighted by Gasteiger charge is 2.47. The van der Waals surface area contributed by atoms with Crippen molar-refractivity contribution in [3.8, 4) is 0 Å². The number of aliphatic hydroxyl groups is 1. The molecule has 0 aromatic heterocycles. The lowest BCUT2D eigenvalue weighted by Crippen LogP contribution is -2.44. The maximum absolute atomic E-state index is 12.5. The number of β-amino-alcohol motifs (C(OH)–C–C–N with tert-alkyl or cyclic N) is 1. The Balaban J connectivity index is 1.81. The zero-order chi connectivity index (χ0) is 18.4. The maximum atomic E-state index is 12.5. The van der Waals surface area contributed by atoms with Gasteiger partial charge in [-0.05, 0) is 31.0 Å². The van der Waals surface area contributed by atoms with Crippen LogP contribution in [0.3, 0.4) is 0 Å². The van der Waals surface area contributed by atoms with Crippen molar-refractivity contribution in [2.45, 2.75) is 51.4 Å². The van der Waals surface area contributed by atoms with Crippen LogP contribution in [0, 0.1) is 0 Å². The number of urea groups is 1. The van der Waals surface area contributed by atoms with Crippen molar-refractivity contribution in [2.24, 2.45) is 0 Å². The summed E-state index contributed by atoms with van der Waals surface area (Å²) in [5.74, 6) is -0.289. The molecule has 6 nitrogen and oxygen atoms in total. The second-order valence-corrected chi connectivity index (χ2v) is 7.01. The van der Waals surface area contributed by atoms with Crippen molar-refractivity contribution < 1.29 is 19.4 Å². The second-order valence-electron chi connectivity index (χ2n) is 6.58. The first-order chi connectivity index (χ1) is 11.9. The van der Waals surface area contributed by atoms with E-state index in [1.807, 2.05) is 19.1 Å². The van der Waals surface area contributed by atoms with E-state index < -0.39 is 17.7 Å². The van der Waals surface area contributed by atoms with Gasteiger partial charge < -0.3 is 15.2 Å². The number of carbonyl (C=O) groups is 2. The number of imide groups is 1. The van der Waals surface area contributed by atoms with Crippen LogP contribution in [-0.2, 0) is 16.1 Å². The molecule has 0 aliphatic carbocycles. The minimum atomic E-state index is -0.935. The molecule has 1 fully saturated rings. The van der Waals surface area contributed by atoms with Crippen LogP contribution < -0.4 is 5.32 Å².